The Morgan fingerprint density at radius 3 is 2.65 bits per heavy atom. The number of phenols is 1. The van der Waals surface area contributed by atoms with Crippen LogP contribution in [0.5, 0.6) is 11.5 Å². The average Bonchev–Trinajstić information content (AvgIpc) is 2.38. The Bertz CT molecular complexity index is 656. The van der Waals surface area contributed by atoms with Crippen LogP contribution in [-0.2, 0) is 0 Å². The van der Waals surface area contributed by atoms with E-state index >= 15 is 0 Å². The van der Waals surface area contributed by atoms with Gasteiger partial charge in [0.15, 0.2) is 0 Å². The number of anilines is 1. The molecular formula is C15H14BrNO3. The maximum absolute atomic E-state index is 12.3. The lowest BCUT2D eigenvalue weighted by Gasteiger charge is -2.12. The maximum Gasteiger partial charge on any atom is 0.256 e. The molecule has 1 amide bonds. The van der Waals surface area contributed by atoms with E-state index in [1.807, 2.05) is 6.07 Å². The zero-order valence-electron chi connectivity index (χ0n) is 11.1. The number of rotatable bonds is 3. The molecule has 0 bridgehead atoms. The third-order valence-electron chi connectivity index (χ3n) is 2.86. The van der Waals surface area contributed by atoms with Gasteiger partial charge in [0.1, 0.15) is 11.5 Å². The number of hydrogen-bond donors (Lipinski definition) is 2. The predicted molar refractivity (Wildman–Crippen MR) is 81.5 cm³/mol. The van der Waals surface area contributed by atoms with Crippen LogP contribution in [0.1, 0.15) is 15.9 Å². The minimum absolute atomic E-state index is 0.138. The molecule has 0 atom stereocenters. The van der Waals surface area contributed by atoms with Crippen molar-refractivity contribution in [3.63, 3.8) is 0 Å². The molecule has 0 aliphatic heterocycles. The first-order valence-corrected chi connectivity index (χ1v) is 6.75. The summed E-state index contributed by atoms with van der Waals surface area (Å²) in [4.78, 5) is 12.3. The molecule has 104 valence electrons. The summed E-state index contributed by atoms with van der Waals surface area (Å²) in [7, 11) is 1.55. The first-order chi connectivity index (χ1) is 9.51. The number of halogens is 1. The minimum Gasteiger partial charge on any atom is -0.508 e. The molecule has 0 aromatic heterocycles. The number of nitrogens with one attached hydrogen (secondary N) is 1. The molecule has 2 N–H and O–H groups in total. The van der Waals surface area contributed by atoms with E-state index in [1.165, 1.54) is 6.07 Å². The molecule has 0 aliphatic carbocycles. The second kappa shape index (κ2) is 5.96. The smallest absolute Gasteiger partial charge is 0.256 e. The van der Waals surface area contributed by atoms with Crippen LogP contribution in [0.25, 0.3) is 0 Å². The first kappa shape index (κ1) is 14.4. The van der Waals surface area contributed by atoms with Crippen molar-refractivity contribution in [3.8, 4) is 11.5 Å². The van der Waals surface area contributed by atoms with E-state index in [2.05, 4.69) is 21.2 Å². The Labute approximate surface area is 125 Å². The lowest BCUT2D eigenvalue weighted by atomic mass is 10.1. The fourth-order valence-corrected chi connectivity index (χ4v) is 2.23. The Balaban J connectivity index is 2.30. The van der Waals surface area contributed by atoms with E-state index in [1.54, 1.807) is 38.3 Å². The van der Waals surface area contributed by atoms with Crippen LogP contribution < -0.4 is 10.1 Å². The molecule has 0 saturated heterocycles. The summed E-state index contributed by atoms with van der Waals surface area (Å²) in [6.07, 6.45) is 0. The second-order valence-corrected chi connectivity index (χ2v) is 5.21. The molecule has 2 aromatic carbocycles. The number of carbonyl (C=O) groups excluding carboxylic acids is 1. The normalized spacial score (nSPS) is 10.2. The summed E-state index contributed by atoms with van der Waals surface area (Å²) in [6.45, 7) is 1.77. The Kier molecular flexibility index (Phi) is 4.29. The van der Waals surface area contributed by atoms with Crippen molar-refractivity contribution in [1.29, 1.82) is 0 Å². The zero-order chi connectivity index (χ0) is 14.7. The van der Waals surface area contributed by atoms with Crippen LogP contribution in [0, 0.1) is 6.92 Å². The quantitative estimate of drug-likeness (QED) is 0.898. The van der Waals surface area contributed by atoms with E-state index < -0.39 is 0 Å². The summed E-state index contributed by atoms with van der Waals surface area (Å²) >= 11 is 3.36. The standard InChI is InChI=1S/C15H14BrNO3/c1-9-7-11(18)4-5-12(9)15(19)17-13-8-10(16)3-6-14(13)20-2/h3-8,18H,1-2H3,(H,17,19). The average molecular weight is 336 g/mol. The summed E-state index contributed by atoms with van der Waals surface area (Å²) in [5.74, 6) is 0.468. The van der Waals surface area contributed by atoms with Crippen molar-refractivity contribution in [2.75, 3.05) is 12.4 Å². The highest BCUT2D eigenvalue weighted by molar-refractivity contribution is 9.10. The van der Waals surface area contributed by atoms with E-state index in [0.717, 1.165) is 4.47 Å². The predicted octanol–water partition coefficient (Wildman–Crippen LogP) is 3.72. The number of ether oxygens (including phenoxy) is 1. The lowest BCUT2D eigenvalue weighted by Crippen LogP contribution is -2.14. The van der Waals surface area contributed by atoms with Gasteiger partial charge in [-0.3, -0.25) is 4.79 Å². The van der Waals surface area contributed by atoms with Gasteiger partial charge in [-0.05, 0) is 48.9 Å². The Morgan fingerprint density at radius 2 is 2.00 bits per heavy atom. The molecular weight excluding hydrogens is 322 g/mol. The number of carbonyl (C=O) groups is 1. The lowest BCUT2D eigenvalue weighted by molar-refractivity contribution is 0.102. The third-order valence-corrected chi connectivity index (χ3v) is 3.36. The van der Waals surface area contributed by atoms with Gasteiger partial charge >= 0.3 is 0 Å². The largest absolute Gasteiger partial charge is 0.508 e. The SMILES string of the molecule is COc1ccc(Br)cc1NC(=O)c1ccc(O)cc1C. The maximum atomic E-state index is 12.3. The van der Waals surface area contributed by atoms with Crippen LogP contribution in [0.4, 0.5) is 5.69 Å². The molecule has 2 rings (SSSR count). The van der Waals surface area contributed by atoms with Crippen molar-refractivity contribution in [2.24, 2.45) is 0 Å². The van der Waals surface area contributed by atoms with E-state index in [-0.39, 0.29) is 11.7 Å². The highest BCUT2D eigenvalue weighted by atomic mass is 79.9. The van der Waals surface area contributed by atoms with Crippen molar-refractivity contribution < 1.29 is 14.6 Å². The first-order valence-electron chi connectivity index (χ1n) is 5.96. The van der Waals surface area contributed by atoms with E-state index in [9.17, 15) is 9.90 Å². The molecule has 2 aromatic rings. The van der Waals surface area contributed by atoms with Gasteiger partial charge in [-0.15, -0.1) is 0 Å². The van der Waals surface area contributed by atoms with E-state index in [0.29, 0.717) is 22.6 Å². The van der Waals surface area contributed by atoms with Crippen molar-refractivity contribution in [3.05, 3.63) is 52.0 Å². The number of phenolic OH excluding ortho intramolecular Hbond substituents is 1. The van der Waals surface area contributed by atoms with Gasteiger partial charge in [-0.25, -0.2) is 0 Å². The molecule has 4 nitrogen and oxygen atoms in total. The summed E-state index contributed by atoms with van der Waals surface area (Å²) < 4.78 is 6.05. The van der Waals surface area contributed by atoms with Gasteiger partial charge in [-0.2, -0.15) is 0 Å². The fourth-order valence-electron chi connectivity index (χ4n) is 1.87. The van der Waals surface area contributed by atoms with Crippen LogP contribution in [0.15, 0.2) is 40.9 Å². The molecule has 20 heavy (non-hydrogen) atoms. The number of amides is 1. The third kappa shape index (κ3) is 3.11. The zero-order valence-corrected chi connectivity index (χ0v) is 12.7. The number of hydrogen-bond acceptors (Lipinski definition) is 3. The Hall–Kier alpha value is -2.01. The minimum atomic E-state index is -0.251. The molecule has 0 fully saturated rings. The highest BCUT2D eigenvalue weighted by Gasteiger charge is 2.12. The van der Waals surface area contributed by atoms with Crippen LogP contribution in [-0.4, -0.2) is 18.1 Å². The summed E-state index contributed by atoms with van der Waals surface area (Å²) in [5, 5.41) is 12.2. The monoisotopic (exact) mass is 335 g/mol. The number of benzene rings is 2. The van der Waals surface area contributed by atoms with Crippen LogP contribution in [0.2, 0.25) is 0 Å². The highest BCUT2D eigenvalue weighted by Crippen LogP contribution is 2.28. The molecule has 0 unspecified atom stereocenters. The second-order valence-electron chi connectivity index (χ2n) is 4.30. The van der Waals surface area contributed by atoms with Crippen molar-refractivity contribution in [1.82, 2.24) is 0 Å². The van der Waals surface area contributed by atoms with Gasteiger partial charge in [0.2, 0.25) is 0 Å². The summed E-state index contributed by atoms with van der Waals surface area (Å²) in [6, 6.07) is 9.99. The van der Waals surface area contributed by atoms with E-state index in [4.69, 9.17) is 4.74 Å². The Morgan fingerprint density at radius 1 is 1.25 bits per heavy atom. The van der Waals surface area contributed by atoms with Gasteiger partial charge in [-0.1, -0.05) is 15.9 Å². The van der Waals surface area contributed by atoms with Gasteiger partial charge in [0.25, 0.3) is 5.91 Å². The number of aromatic hydroxyl groups is 1. The van der Waals surface area contributed by atoms with Gasteiger partial charge < -0.3 is 15.2 Å². The molecule has 0 saturated carbocycles. The molecule has 0 aliphatic rings. The number of aryl methyl sites for hydroxylation is 1. The summed E-state index contributed by atoms with van der Waals surface area (Å²) in [5.41, 5.74) is 1.79. The van der Waals surface area contributed by atoms with Crippen LogP contribution in [0.3, 0.4) is 0 Å². The fraction of sp³-hybridized carbons (Fsp3) is 0.133. The van der Waals surface area contributed by atoms with Crippen LogP contribution >= 0.6 is 15.9 Å². The number of methoxy groups -OCH3 is 1. The molecule has 0 spiro atoms. The molecule has 0 heterocycles. The van der Waals surface area contributed by atoms with Gasteiger partial charge in [0, 0.05) is 10.0 Å². The van der Waals surface area contributed by atoms with Crippen molar-refractivity contribution >= 4 is 27.5 Å². The van der Waals surface area contributed by atoms with Crippen molar-refractivity contribution in [2.45, 2.75) is 6.92 Å². The topological polar surface area (TPSA) is 58.6 Å². The molecule has 5 heteroatoms. The van der Waals surface area contributed by atoms with Gasteiger partial charge in [0.05, 0.1) is 12.8 Å². The molecule has 0 radical (unpaired) electrons.